The minimum Gasteiger partial charge on any atom is -0.395 e. The van der Waals surface area contributed by atoms with Crippen molar-refractivity contribution in [3.05, 3.63) is 0 Å². The third-order valence-electron chi connectivity index (χ3n) is 2.51. The first kappa shape index (κ1) is 10.9. The van der Waals surface area contributed by atoms with Gasteiger partial charge in [-0.2, -0.15) is 4.31 Å². The SMILES string of the molecule is CCS(=O)(=O)N1CCCC[C@@H]1CO. The summed E-state index contributed by atoms with van der Waals surface area (Å²) >= 11 is 0. The third-order valence-corrected chi connectivity index (χ3v) is 4.43. The van der Waals surface area contributed by atoms with Gasteiger partial charge in [-0.15, -0.1) is 0 Å². The molecule has 1 aliphatic heterocycles. The Balaban J connectivity index is 2.75. The van der Waals surface area contributed by atoms with E-state index in [1.165, 1.54) is 4.31 Å². The number of rotatable bonds is 3. The molecule has 0 saturated carbocycles. The highest BCUT2D eigenvalue weighted by Gasteiger charge is 2.30. The highest BCUT2D eigenvalue weighted by atomic mass is 32.2. The first-order valence-electron chi connectivity index (χ1n) is 4.72. The molecule has 5 heteroatoms. The van der Waals surface area contributed by atoms with E-state index >= 15 is 0 Å². The van der Waals surface area contributed by atoms with Crippen LogP contribution in [0.4, 0.5) is 0 Å². The summed E-state index contributed by atoms with van der Waals surface area (Å²) in [7, 11) is -3.11. The Morgan fingerprint density at radius 2 is 2.15 bits per heavy atom. The number of nitrogens with zero attached hydrogens (tertiary/aromatic N) is 1. The summed E-state index contributed by atoms with van der Waals surface area (Å²) < 4.78 is 24.5. The predicted octanol–water partition coefficient (Wildman–Crippen LogP) is 0.183. The average Bonchev–Trinajstić information content (AvgIpc) is 2.18. The van der Waals surface area contributed by atoms with E-state index < -0.39 is 10.0 Å². The number of aliphatic hydroxyl groups is 1. The van der Waals surface area contributed by atoms with Gasteiger partial charge in [0.15, 0.2) is 0 Å². The molecule has 0 aromatic heterocycles. The molecule has 0 aromatic carbocycles. The van der Waals surface area contributed by atoms with Crippen LogP contribution in [0.3, 0.4) is 0 Å². The van der Waals surface area contributed by atoms with E-state index in [9.17, 15) is 8.42 Å². The van der Waals surface area contributed by atoms with Gasteiger partial charge in [0.2, 0.25) is 10.0 Å². The van der Waals surface area contributed by atoms with Crippen molar-refractivity contribution in [1.82, 2.24) is 4.31 Å². The van der Waals surface area contributed by atoms with Crippen LogP contribution in [0.1, 0.15) is 26.2 Å². The molecule has 78 valence electrons. The topological polar surface area (TPSA) is 57.6 Å². The molecule has 0 radical (unpaired) electrons. The molecular formula is C8H17NO3S. The minimum absolute atomic E-state index is 0.0563. The van der Waals surface area contributed by atoms with Gasteiger partial charge in [-0.3, -0.25) is 0 Å². The molecule has 1 aliphatic rings. The maximum Gasteiger partial charge on any atom is 0.214 e. The van der Waals surface area contributed by atoms with Gasteiger partial charge in [0.1, 0.15) is 0 Å². The van der Waals surface area contributed by atoms with Gasteiger partial charge >= 0.3 is 0 Å². The van der Waals surface area contributed by atoms with Crippen molar-refractivity contribution in [2.24, 2.45) is 0 Å². The van der Waals surface area contributed by atoms with Crippen molar-refractivity contribution < 1.29 is 13.5 Å². The number of aliphatic hydroxyl groups excluding tert-OH is 1. The molecule has 1 fully saturated rings. The van der Waals surface area contributed by atoms with Crippen LogP contribution in [0.15, 0.2) is 0 Å². The maximum atomic E-state index is 11.5. The smallest absolute Gasteiger partial charge is 0.214 e. The van der Waals surface area contributed by atoms with Crippen molar-refractivity contribution in [1.29, 1.82) is 0 Å². The van der Waals surface area contributed by atoms with Crippen molar-refractivity contribution in [2.45, 2.75) is 32.2 Å². The van der Waals surface area contributed by atoms with Gasteiger partial charge in [-0.1, -0.05) is 6.42 Å². The first-order chi connectivity index (χ1) is 6.11. The normalized spacial score (nSPS) is 26.2. The highest BCUT2D eigenvalue weighted by Crippen LogP contribution is 2.20. The van der Waals surface area contributed by atoms with E-state index in [0.29, 0.717) is 6.54 Å². The second kappa shape index (κ2) is 4.39. The average molecular weight is 207 g/mol. The number of hydrogen-bond donors (Lipinski definition) is 1. The van der Waals surface area contributed by atoms with Gasteiger partial charge in [-0.25, -0.2) is 8.42 Å². The predicted molar refractivity (Wildman–Crippen MR) is 50.9 cm³/mol. The molecule has 0 aliphatic carbocycles. The van der Waals surface area contributed by atoms with Crippen LogP contribution in [-0.4, -0.2) is 42.8 Å². The van der Waals surface area contributed by atoms with Gasteiger partial charge in [0, 0.05) is 12.6 Å². The maximum absolute atomic E-state index is 11.5. The molecule has 0 aromatic rings. The lowest BCUT2D eigenvalue weighted by molar-refractivity contribution is 0.155. The van der Waals surface area contributed by atoms with E-state index in [0.717, 1.165) is 19.3 Å². The van der Waals surface area contributed by atoms with E-state index in [1.54, 1.807) is 6.92 Å². The highest BCUT2D eigenvalue weighted by molar-refractivity contribution is 7.89. The fraction of sp³-hybridized carbons (Fsp3) is 1.00. The third kappa shape index (κ3) is 2.42. The van der Waals surface area contributed by atoms with Gasteiger partial charge in [0.25, 0.3) is 0 Å². The van der Waals surface area contributed by atoms with Gasteiger partial charge in [0.05, 0.1) is 12.4 Å². The summed E-state index contributed by atoms with van der Waals surface area (Å²) in [5.74, 6) is 0.128. The molecule has 0 unspecified atom stereocenters. The van der Waals surface area contributed by atoms with Crippen LogP contribution in [0.2, 0.25) is 0 Å². The van der Waals surface area contributed by atoms with Crippen LogP contribution < -0.4 is 0 Å². The molecule has 0 amide bonds. The number of hydrogen-bond acceptors (Lipinski definition) is 3. The lowest BCUT2D eigenvalue weighted by Crippen LogP contribution is -2.46. The van der Waals surface area contributed by atoms with E-state index in [-0.39, 0.29) is 18.4 Å². The molecule has 13 heavy (non-hydrogen) atoms. The zero-order chi connectivity index (χ0) is 9.90. The molecule has 0 bridgehead atoms. The van der Waals surface area contributed by atoms with Crippen LogP contribution >= 0.6 is 0 Å². The Bertz CT molecular complexity index is 250. The quantitative estimate of drug-likeness (QED) is 0.718. The Morgan fingerprint density at radius 1 is 1.46 bits per heavy atom. The molecular weight excluding hydrogens is 190 g/mol. The van der Waals surface area contributed by atoms with E-state index in [4.69, 9.17) is 5.11 Å². The summed E-state index contributed by atoms with van der Waals surface area (Å²) in [4.78, 5) is 0. The number of piperidine rings is 1. The van der Waals surface area contributed by atoms with Crippen molar-refractivity contribution in [2.75, 3.05) is 18.9 Å². The van der Waals surface area contributed by atoms with Crippen LogP contribution in [0.5, 0.6) is 0 Å². The summed E-state index contributed by atoms with van der Waals surface area (Å²) in [6.45, 7) is 2.15. The molecule has 1 heterocycles. The molecule has 1 N–H and O–H groups in total. The van der Waals surface area contributed by atoms with Gasteiger partial charge < -0.3 is 5.11 Å². The molecule has 4 nitrogen and oxygen atoms in total. The lowest BCUT2D eigenvalue weighted by atomic mass is 10.1. The second-order valence-corrected chi connectivity index (χ2v) is 5.55. The van der Waals surface area contributed by atoms with Crippen molar-refractivity contribution >= 4 is 10.0 Å². The Kier molecular flexibility index (Phi) is 3.70. The first-order valence-corrected chi connectivity index (χ1v) is 6.33. The lowest BCUT2D eigenvalue weighted by Gasteiger charge is -2.33. The summed E-state index contributed by atoms with van der Waals surface area (Å²) in [5.41, 5.74) is 0. The summed E-state index contributed by atoms with van der Waals surface area (Å²) in [6, 6.07) is -0.182. The Morgan fingerprint density at radius 3 is 2.69 bits per heavy atom. The van der Waals surface area contributed by atoms with E-state index in [2.05, 4.69) is 0 Å². The standard InChI is InChI=1S/C8H17NO3S/c1-2-13(11,12)9-6-4-3-5-8(9)7-10/h8,10H,2-7H2,1H3/t8-/m1/s1. The fourth-order valence-electron chi connectivity index (χ4n) is 1.69. The Hall–Kier alpha value is -0.130. The summed E-state index contributed by atoms with van der Waals surface area (Å²) in [5, 5.41) is 9.01. The van der Waals surface area contributed by atoms with Crippen LogP contribution in [-0.2, 0) is 10.0 Å². The largest absolute Gasteiger partial charge is 0.395 e. The van der Waals surface area contributed by atoms with E-state index in [1.807, 2.05) is 0 Å². The summed E-state index contributed by atoms with van der Waals surface area (Å²) in [6.07, 6.45) is 2.71. The zero-order valence-electron chi connectivity index (χ0n) is 7.94. The minimum atomic E-state index is -3.11. The molecule has 0 spiro atoms. The number of sulfonamides is 1. The zero-order valence-corrected chi connectivity index (χ0v) is 8.76. The van der Waals surface area contributed by atoms with Crippen LogP contribution in [0, 0.1) is 0 Å². The molecule has 1 rings (SSSR count). The molecule has 1 atom stereocenters. The fourth-order valence-corrected chi connectivity index (χ4v) is 3.05. The van der Waals surface area contributed by atoms with Crippen LogP contribution in [0.25, 0.3) is 0 Å². The monoisotopic (exact) mass is 207 g/mol. The second-order valence-electron chi connectivity index (χ2n) is 3.34. The van der Waals surface area contributed by atoms with Gasteiger partial charge in [-0.05, 0) is 19.8 Å². The van der Waals surface area contributed by atoms with Crippen molar-refractivity contribution in [3.63, 3.8) is 0 Å². The Labute approximate surface area is 79.6 Å². The van der Waals surface area contributed by atoms with Crippen molar-refractivity contribution in [3.8, 4) is 0 Å². The molecule has 1 saturated heterocycles.